The molecule has 0 aromatic heterocycles. The quantitative estimate of drug-likeness (QED) is 0.698. The lowest BCUT2D eigenvalue weighted by atomic mass is 9.90. The molecule has 1 heterocycles. The van der Waals surface area contributed by atoms with Crippen LogP contribution in [-0.4, -0.2) is 43.7 Å². The van der Waals surface area contributed by atoms with E-state index in [0.717, 1.165) is 31.5 Å². The van der Waals surface area contributed by atoms with Crippen LogP contribution in [0.15, 0.2) is 0 Å². The van der Waals surface area contributed by atoms with Crippen LogP contribution in [0.5, 0.6) is 0 Å². The molecule has 0 spiro atoms. The molecule has 3 N–H and O–H groups in total. The van der Waals surface area contributed by atoms with E-state index >= 15 is 0 Å². The van der Waals surface area contributed by atoms with Crippen molar-refractivity contribution in [2.75, 3.05) is 32.7 Å². The molecule has 1 saturated heterocycles. The largest absolute Gasteiger partial charge is 0.329 e. The zero-order valence-electron chi connectivity index (χ0n) is 12.6. The summed E-state index contributed by atoms with van der Waals surface area (Å²) >= 11 is 0. The molecule has 0 radical (unpaired) electrons. The lowest BCUT2D eigenvalue weighted by molar-refractivity contribution is 0.138. The number of nitrogens with one attached hydrogen (secondary N) is 1. The van der Waals surface area contributed by atoms with Crippen LogP contribution in [-0.2, 0) is 0 Å². The van der Waals surface area contributed by atoms with E-state index in [4.69, 9.17) is 5.73 Å². The molecular formula is C15H33N3. The number of hydrogen-bond donors (Lipinski definition) is 2. The molecule has 1 aliphatic rings. The van der Waals surface area contributed by atoms with Crippen LogP contribution in [0.3, 0.4) is 0 Å². The second-order valence-electron chi connectivity index (χ2n) is 6.27. The predicted octanol–water partition coefficient (Wildman–Crippen LogP) is 2.07. The van der Waals surface area contributed by atoms with E-state index in [1.807, 2.05) is 0 Å². The minimum absolute atomic E-state index is 0.681. The van der Waals surface area contributed by atoms with E-state index in [-0.39, 0.29) is 0 Å². The van der Waals surface area contributed by atoms with E-state index in [2.05, 4.69) is 31.0 Å². The van der Waals surface area contributed by atoms with Gasteiger partial charge in [0.1, 0.15) is 0 Å². The topological polar surface area (TPSA) is 41.3 Å². The van der Waals surface area contributed by atoms with E-state index < -0.39 is 0 Å². The third-order valence-corrected chi connectivity index (χ3v) is 3.91. The maximum absolute atomic E-state index is 5.70. The Hall–Kier alpha value is -0.120. The van der Waals surface area contributed by atoms with Crippen LogP contribution in [0.2, 0.25) is 0 Å². The van der Waals surface area contributed by atoms with Gasteiger partial charge in [0.05, 0.1) is 0 Å². The van der Waals surface area contributed by atoms with Gasteiger partial charge in [0, 0.05) is 32.2 Å². The number of piperidine rings is 1. The summed E-state index contributed by atoms with van der Waals surface area (Å²) in [5.74, 6) is 1.67. The Morgan fingerprint density at radius 2 is 2.11 bits per heavy atom. The first-order valence-corrected chi connectivity index (χ1v) is 7.81. The average molecular weight is 255 g/mol. The zero-order valence-corrected chi connectivity index (χ0v) is 12.6. The second kappa shape index (κ2) is 8.89. The van der Waals surface area contributed by atoms with Crippen molar-refractivity contribution in [2.45, 2.75) is 52.5 Å². The van der Waals surface area contributed by atoms with E-state index in [1.54, 1.807) is 0 Å². The molecular weight excluding hydrogens is 222 g/mol. The summed E-state index contributed by atoms with van der Waals surface area (Å²) in [6.45, 7) is 12.3. The number of hydrogen-bond acceptors (Lipinski definition) is 3. The fourth-order valence-electron chi connectivity index (χ4n) is 3.01. The molecule has 3 heteroatoms. The molecule has 2 unspecified atom stereocenters. The lowest BCUT2D eigenvalue weighted by Gasteiger charge is -2.38. The smallest absolute Gasteiger partial charge is 0.0198 e. The van der Waals surface area contributed by atoms with Crippen molar-refractivity contribution >= 4 is 0 Å². The molecule has 3 nitrogen and oxygen atoms in total. The summed E-state index contributed by atoms with van der Waals surface area (Å²) in [5, 5.41) is 3.75. The molecule has 0 saturated carbocycles. The molecule has 0 aliphatic carbocycles. The summed E-state index contributed by atoms with van der Waals surface area (Å²) in [6.07, 6.45) is 5.31. The van der Waals surface area contributed by atoms with Crippen molar-refractivity contribution in [1.82, 2.24) is 10.2 Å². The highest BCUT2D eigenvalue weighted by Gasteiger charge is 2.25. The highest BCUT2D eigenvalue weighted by Crippen LogP contribution is 2.21. The third kappa shape index (κ3) is 6.17. The Balaban J connectivity index is 2.35. The summed E-state index contributed by atoms with van der Waals surface area (Å²) in [7, 11) is 0. The molecule has 1 fully saturated rings. The Morgan fingerprint density at radius 1 is 1.33 bits per heavy atom. The van der Waals surface area contributed by atoms with Gasteiger partial charge < -0.3 is 16.0 Å². The van der Waals surface area contributed by atoms with Gasteiger partial charge in [0.2, 0.25) is 0 Å². The molecule has 0 amide bonds. The Kier molecular flexibility index (Phi) is 7.87. The van der Waals surface area contributed by atoms with Gasteiger partial charge in [-0.2, -0.15) is 0 Å². The van der Waals surface area contributed by atoms with Crippen LogP contribution in [0.4, 0.5) is 0 Å². The van der Waals surface area contributed by atoms with Crippen molar-refractivity contribution in [3.8, 4) is 0 Å². The summed E-state index contributed by atoms with van der Waals surface area (Å²) in [6, 6.07) is 0.681. The van der Waals surface area contributed by atoms with Crippen LogP contribution in [0.1, 0.15) is 46.5 Å². The number of nitrogens with two attached hydrogens (primary N) is 1. The van der Waals surface area contributed by atoms with Gasteiger partial charge in [-0.3, -0.25) is 0 Å². The monoisotopic (exact) mass is 255 g/mol. The maximum atomic E-state index is 5.70. The Morgan fingerprint density at radius 3 is 2.72 bits per heavy atom. The molecule has 0 aromatic rings. The summed E-state index contributed by atoms with van der Waals surface area (Å²) < 4.78 is 0. The van der Waals surface area contributed by atoms with E-state index in [1.165, 1.54) is 38.8 Å². The second-order valence-corrected chi connectivity index (χ2v) is 6.27. The zero-order chi connectivity index (χ0) is 13.4. The van der Waals surface area contributed by atoms with Crippen LogP contribution >= 0.6 is 0 Å². The number of likely N-dealkylation sites (tertiary alicyclic amines) is 1. The lowest BCUT2D eigenvalue weighted by Crippen LogP contribution is -2.50. The van der Waals surface area contributed by atoms with Crippen LogP contribution < -0.4 is 11.1 Å². The minimum atomic E-state index is 0.681. The van der Waals surface area contributed by atoms with Gasteiger partial charge >= 0.3 is 0 Å². The van der Waals surface area contributed by atoms with Gasteiger partial charge in [-0.25, -0.2) is 0 Å². The number of rotatable bonds is 8. The van der Waals surface area contributed by atoms with Crippen LogP contribution in [0, 0.1) is 11.8 Å². The van der Waals surface area contributed by atoms with Gasteiger partial charge in [0.25, 0.3) is 0 Å². The molecule has 1 rings (SSSR count). The van der Waals surface area contributed by atoms with E-state index in [9.17, 15) is 0 Å². The third-order valence-electron chi connectivity index (χ3n) is 3.91. The molecule has 1 aliphatic heterocycles. The van der Waals surface area contributed by atoms with E-state index in [0.29, 0.717) is 6.04 Å². The standard InChI is InChI=1S/C15H33N3/c1-4-5-14-10-15(17-8-6-13(2)3)12-18(11-14)9-7-16/h13-15,17H,4-12,16H2,1-3H3. The van der Waals surface area contributed by atoms with Crippen molar-refractivity contribution in [1.29, 1.82) is 0 Å². The van der Waals surface area contributed by atoms with Gasteiger partial charge in [-0.05, 0) is 37.6 Å². The Labute approximate surface area is 113 Å². The predicted molar refractivity (Wildman–Crippen MR) is 79.8 cm³/mol. The molecule has 2 atom stereocenters. The minimum Gasteiger partial charge on any atom is -0.329 e. The fraction of sp³-hybridized carbons (Fsp3) is 1.00. The van der Waals surface area contributed by atoms with Gasteiger partial charge in [-0.1, -0.05) is 27.2 Å². The normalized spacial score (nSPS) is 25.8. The SMILES string of the molecule is CCCC1CC(NCCC(C)C)CN(CCN)C1. The van der Waals surface area contributed by atoms with Crippen LogP contribution in [0.25, 0.3) is 0 Å². The highest BCUT2D eigenvalue weighted by molar-refractivity contribution is 4.83. The summed E-state index contributed by atoms with van der Waals surface area (Å²) in [5.41, 5.74) is 5.70. The van der Waals surface area contributed by atoms with Crippen molar-refractivity contribution < 1.29 is 0 Å². The molecule has 18 heavy (non-hydrogen) atoms. The molecule has 0 bridgehead atoms. The fourth-order valence-corrected chi connectivity index (χ4v) is 3.01. The summed E-state index contributed by atoms with van der Waals surface area (Å²) in [4.78, 5) is 2.55. The Bertz CT molecular complexity index is 192. The van der Waals surface area contributed by atoms with Crippen molar-refractivity contribution in [2.24, 2.45) is 17.6 Å². The number of nitrogens with zero attached hydrogens (tertiary/aromatic N) is 1. The van der Waals surface area contributed by atoms with Gasteiger partial charge in [-0.15, -0.1) is 0 Å². The first kappa shape index (κ1) is 15.9. The van der Waals surface area contributed by atoms with Crippen molar-refractivity contribution in [3.05, 3.63) is 0 Å². The molecule has 0 aromatic carbocycles. The van der Waals surface area contributed by atoms with Crippen molar-refractivity contribution in [3.63, 3.8) is 0 Å². The highest BCUT2D eigenvalue weighted by atomic mass is 15.2. The molecule has 108 valence electrons. The van der Waals surface area contributed by atoms with Gasteiger partial charge in [0.15, 0.2) is 0 Å². The average Bonchev–Trinajstić information content (AvgIpc) is 2.29. The first-order valence-electron chi connectivity index (χ1n) is 7.81. The first-order chi connectivity index (χ1) is 8.65. The maximum Gasteiger partial charge on any atom is 0.0198 e.